The average Bonchev–Trinajstić information content (AvgIpc) is 1.93. The fourth-order valence-electron chi connectivity index (χ4n) is 0.673. The van der Waals surface area contributed by atoms with Crippen LogP contribution < -0.4 is 0 Å². The molecule has 0 radical (unpaired) electrons. The zero-order valence-corrected chi connectivity index (χ0v) is 18.2. The maximum Gasteiger partial charge on any atom is 0.334 e. The maximum atomic E-state index is 10.8. The summed E-state index contributed by atoms with van der Waals surface area (Å²) in [5.41, 5.74) is 0. The molecule has 0 bridgehead atoms. The molecule has 0 aliphatic carbocycles. The Morgan fingerprint density at radius 3 is 1.10 bits per heavy atom. The van der Waals surface area contributed by atoms with E-state index in [0.717, 1.165) is 27.1 Å². The van der Waals surface area contributed by atoms with Crippen molar-refractivity contribution in [1.82, 2.24) is 0 Å². The Labute approximate surface area is 141 Å². The molecule has 0 saturated heterocycles. The summed E-state index contributed by atoms with van der Waals surface area (Å²) >= 11 is 0. The molecule has 130 valence electrons. The number of hydrogen-bond acceptors (Lipinski definition) is 7. The van der Waals surface area contributed by atoms with Gasteiger partial charge in [0, 0.05) is 62.2 Å². The molecule has 0 amide bonds. The maximum absolute atomic E-state index is 10.8. The van der Waals surface area contributed by atoms with Gasteiger partial charge in [0.15, 0.2) is 0 Å². The quantitative estimate of drug-likeness (QED) is 0.388. The molecular formula is C7H23O9P4Ti-. The van der Waals surface area contributed by atoms with Gasteiger partial charge in [-0.15, -0.1) is 0 Å². The van der Waals surface area contributed by atoms with Crippen LogP contribution >= 0.6 is 30.2 Å². The molecule has 3 atom stereocenters. The van der Waals surface area contributed by atoms with Gasteiger partial charge in [0.2, 0.25) is 7.37 Å². The summed E-state index contributed by atoms with van der Waals surface area (Å²) in [6, 6.07) is 0. The molecule has 0 aliphatic rings. The van der Waals surface area contributed by atoms with Crippen LogP contribution in [0.25, 0.3) is 0 Å². The summed E-state index contributed by atoms with van der Waals surface area (Å²) in [7, 11) is -12.2. The van der Waals surface area contributed by atoms with Crippen molar-refractivity contribution < 1.29 is 62.9 Å². The second kappa shape index (κ2) is 11.1. The van der Waals surface area contributed by atoms with Crippen LogP contribution in [-0.2, 0) is 53.1 Å². The van der Waals surface area contributed by atoms with Crippen molar-refractivity contribution in [3.63, 3.8) is 0 Å². The Balaban J connectivity index is -0.000000126. The van der Waals surface area contributed by atoms with E-state index in [9.17, 15) is 18.3 Å². The summed E-state index contributed by atoms with van der Waals surface area (Å²) in [6.07, 6.45) is 0. The normalized spacial score (nSPS) is 19.2. The molecule has 3 unspecified atom stereocenters. The van der Waals surface area contributed by atoms with Crippen LogP contribution in [0.2, 0.25) is 0 Å². The Kier molecular flexibility index (Phi) is 16.0. The van der Waals surface area contributed by atoms with Crippen LogP contribution in [-0.4, -0.2) is 50.2 Å². The van der Waals surface area contributed by atoms with Gasteiger partial charge in [-0.25, -0.2) is 4.31 Å². The van der Waals surface area contributed by atoms with E-state index < -0.39 is 30.2 Å². The Morgan fingerprint density at radius 1 is 0.762 bits per heavy atom. The largest absolute Gasteiger partial charge is 0.358 e. The molecule has 9 nitrogen and oxygen atoms in total. The van der Waals surface area contributed by atoms with Crippen LogP contribution in [0.4, 0.5) is 0 Å². The molecule has 0 saturated carbocycles. The first-order valence-electron chi connectivity index (χ1n) is 4.69. The third-order valence-corrected chi connectivity index (χ3v) is 6.83. The molecule has 0 aliphatic heterocycles. The molecular weight excluding hydrogens is 400 g/mol. The van der Waals surface area contributed by atoms with Gasteiger partial charge in [0.1, 0.15) is 0 Å². The van der Waals surface area contributed by atoms with Crippen LogP contribution in [0.3, 0.4) is 0 Å². The standard InChI is InChI=1S/C3H10O5P2.C3H10O4P2.CH3.Ti/c1-7-10(3,6)8-9(2,4)5;1-8(2,4)7-9(3,5)6;;/h1-3H3,(H,4,5);1-3H3,(H,5,6);1H3;/q;;-1;. The van der Waals surface area contributed by atoms with E-state index in [1.54, 1.807) is 0 Å². The SMILES string of the molecule is COP(C)(=O)OP(C)(=O)O.CP(C)(=O)OP(C)(=O)O.[CH3-].[Ti]. The summed E-state index contributed by atoms with van der Waals surface area (Å²) in [6.45, 7) is 5.66. The molecule has 0 rings (SSSR count). The van der Waals surface area contributed by atoms with Crippen molar-refractivity contribution in [2.45, 2.75) is 0 Å². The molecule has 0 aromatic carbocycles. The van der Waals surface area contributed by atoms with E-state index >= 15 is 0 Å². The van der Waals surface area contributed by atoms with Gasteiger partial charge in [0.05, 0.1) is 0 Å². The second-order valence-corrected chi connectivity index (χ2v) is 12.9. The van der Waals surface area contributed by atoms with E-state index in [2.05, 4.69) is 13.1 Å². The van der Waals surface area contributed by atoms with Gasteiger partial charge in [-0.1, -0.05) is 0 Å². The van der Waals surface area contributed by atoms with E-state index in [4.69, 9.17) is 9.79 Å². The Bertz CT molecular complexity index is 441. The first-order chi connectivity index (χ1) is 7.97. The van der Waals surface area contributed by atoms with E-state index in [-0.39, 0.29) is 29.1 Å². The van der Waals surface area contributed by atoms with Crippen LogP contribution in [0.5, 0.6) is 0 Å². The van der Waals surface area contributed by atoms with Gasteiger partial charge in [0.25, 0.3) is 0 Å². The topological polar surface area (TPSA) is 136 Å². The average molecular weight is 423 g/mol. The van der Waals surface area contributed by atoms with Crippen LogP contribution in [0.15, 0.2) is 0 Å². The van der Waals surface area contributed by atoms with E-state index in [1.165, 1.54) is 13.3 Å². The minimum Gasteiger partial charge on any atom is -0.358 e. The predicted octanol–water partition coefficient (Wildman–Crippen LogP) is 3.09. The monoisotopic (exact) mass is 423 g/mol. The number of hydrogen-bond donors (Lipinski definition) is 2. The molecule has 0 fully saturated rings. The molecule has 0 heterocycles. The molecule has 0 aromatic rings. The third kappa shape index (κ3) is 30.0. The van der Waals surface area contributed by atoms with E-state index in [1.807, 2.05) is 0 Å². The Morgan fingerprint density at radius 2 is 1.05 bits per heavy atom. The molecule has 21 heavy (non-hydrogen) atoms. The smallest absolute Gasteiger partial charge is 0.334 e. The predicted molar refractivity (Wildman–Crippen MR) is 80.1 cm³/mol. The summed E-state index contributed by atoms with van der Waals surface area (Å²) < 4.78 is 55.2. The first-order valence-corrected chi connectivity index (χ1v) is 13.2. The zero-order valence-electron chi connectivity index (χ0n) is 13.0. The summed E-state index contributed by atoms with van der Waals surface area (Å²) in [4.78, 5) is 17.1. The Hall–Kier alpha value is 1.43. The fourth-order valence-corrected chi connectivity index (χ4v) is 6.06. The second-order valence-electron chi connectivity index (χ2n) is 3.98. The van der Waals surface area contributed by atoms with Gasteiger partial charge < -0.3 is 21.7 Å². The molecule has 0 aromatic heterocycles. The minimum atomic E-state index is -3.69. The van der Waals surface area contributed by atoms with E-state index in [0.29, 0.717) is 0 Å². The first kappa shape index (κ1) is 30.3. The van der Waals surface area contributed by atoms with Crippen molar-refractivity contribution in [2.75, 3.05) is 40.4 Å². The zero-order chi connectivity index (χ0) is 16.1. The number of rotatable bonds is 5. The van der Waals surface area contributed by atoms with Gasteiger partial charge in [-0.3, -0.25) is 22.6 Å². The van der Waals surface area contributed by atoms with Gasteiger partial charge in [-0.05, 0) is 0 Å². The molecule has 0 spiro atoms. The summed E-state index contributed by atoms with van der Waals surface area (Å²) in [5.74, 6) is 0. The van der Waals surface area contributed by atoms with Crippen molar-refractivity contribution in [3.8, 4) is 0 Å². The van der Waals surface area contributed by atoms with Crippen molar-refractivity contribution in [2.24, 2.45) is 0 Å². The molecule has 2 N–H and O–H groups in total. The van der Waals surface area contributed by atoms with Gasteiger partial charge in [-0.2, -0.15) is 0 Å². The van der Waals surface area contributed by atoms with Crippen molar-refractivity contribution in [3.05, 3.63) is 7.43 Å². The van der Waals surface area contributed by atoms with Gasteiger partial charge >= 0.3 is 22.8 Å². The van der Waals surface area contributed by atoms with Crippen molar-refractivity contribution >= 4 is 30.2 Å². The van der Waals surface area contributed by atoms with Crippen LogP contribution in [0.1, 0.15) is 0 Å². The van der Waals surface area contributed by atoms with Crippen LogP contribution in [0, 0.1) is 7.43 Å². The minimum absolute atomic E-state index is 0. The fraction of sp³-hybridized carbons (Fsp3) is 0.857. The molecule has 14 heteroatoms. The third-order valence-electron chi connectivity index (χ3n) is 0.980. The summed E-state index contributed by atoms with van der Waals surface area (Å²) in [5, 5.41) is 0. The van der Waals surface area contributed by atoms with Crippen molar-refractivity contribution in [1.29, 1.82) is 0 Å².